The van der Waals surface area contributed by atoms with Crippen LogP contribution in [0.15, 0.2) is 29.3 Å². The summed E-state index contributed by atoms with van der Waals surface area (Å²) in [4.78, 5) is 13.8. The molecule has 1 atom stereocenters. The Hall–Kier alpha value is -1.40. The van der Waals surface area contributed by atoms with Crippen LogP contribution in [0.4, 0.5) is 0 Å². The minimum Gasteiger partial charge on any atom is -0.211 e. The molecule has 0 heterocycles. The monoisotopic (exact) mass is 187 g/mol. The maximum Gasteiger partial charge on any atom is 0.234 e. The van der Waals surface area contributed by atoms with Crippen LogP contribution < -0.4 is 0 Å². The smallest absolute Gasteiger partial charge is 0.211 e. The molecule has 2 rings (SSSR count). The summed E-state index contributed by atoms with van der Waals surface area (Å²) in [5, 5.41) is 0. The summed E-state index contributed by atoms with van der Waals surface area (Å²) in [5.74, 6) is 0.432. The summed E-state index contributed by atoms with van der Waals surface area (Å²) in [5.41, 5.74) is 2.79. The third-order valence-electron chi connectivity index (χ3n) is 2.87. The number of aliphatic imine (C=N–C) groups is 1. The van der Waals surface area contributed by atoms with Gasteiger partial charge in [-0.3, -0.25) is 0 Å². The van der Waals surface area contributed by atoms with Crippen LogP contribution in [0.2, 0.25) is 0 Å². The van der Waals surface area contributed by atoms with Crippen LogP contribution in [-0.2, 0) is 11.2 Å². The number of benzene rings is 1. The molecule has 2 heteroatoms. The van der Waals surface area contributed by atoms with Crippen LogP contribution in [0.1, 0.15) is 29.9 Å². The first-order valence-electron chi connectivity index (χ1n) is 5.03. The van der Waals surface area contributed by atoms with Crippen molar-refractivity contribution in [2.24, 2.45) is 4.99 Å². The SMILES string of the molecule is O=C=NCC1CCCc2ccccc21. The number of isocyanates is 1. The molecule has 1 unspecified atom stereocenters. The van der Waals surface area contributed by atoms with E-state index in [0.29, 0.717) is 12.5 Å². The molecule has 0 bridgehead atoms. The summed E-state index contributed by atoms with van der Waals surface area (Å²) in [6, 6.07) is 8.46. The molecule has 14 heavy (non-hydrogen) atoms. The van der Waals surface area contributed by atoms with E-state index >= 15 is 0 Å². The predicted molar refractivity (Wildman–Crippen MR) is 55.1 cm³/mol. The molecule has 1 aromatic carbocycles. The number of rotatable bonds is 2. The average Bonchev–Trinajstić information content (AvgIpc) is 2.26. The molecule has 0 saturated carbocycles. The van der Waals surface area contributed by atoms with E-state index in [-0.39, 0.29) is 0 Å². The second-order valence-corrected chi connectivity index (χ2v) is 3.72. The zero-order chi connectivity index (χ0) is 9.80. The number of fused-ring (bicyclic) bond motifs is 1. The maximum absolute atomic E-state index is 10.1. The zero-order valence-corrected chi connectivity index (χ0v) is 8.07. The fraction of sp³-hybridized carbons (Fsp3) is 0.417. The van der Waals surface area contributed by atoms with Gasteiger partial charge in [0, 0.05) is 5.92 Å². The zero-order valence-electron chi connectivity index (χ0n) is 8.07. The van der Waals surface area contributed by atoms with Crippen LogP contribution >= 0.6 is 0 Å². The maximum atomic E-state index is 10.1. The van der Waals surface area contributed by atoms with Gasteiger partial charge in [-0.15, -0.1) is 0 Å². The highest BCUT2D eigenvalue weighted by Crippen LogP contribution is 2.31. The molecule has 1 aliphatic carbocycles. The van der Waals surface area contributed by atoms with Crippen molar-refractivity contribution in [1.82, 2.24) is 0 Å². The van der Waals surface area contributed by atoms with Gasteiger partial charge in [-0.05, 0) is 30.4 Å². The highest BCUT2D eigenvalue weighted by Gasteiger charge is 2.18. The molecule has 0 aromatic heterocycles. The fourth-order valence-electron chi connectivity index (χ4n) is 2.19. The molecule has 2 nitrogen and oxygen atoms in total. The Morgan fingerprint density at radius 3 is 3.14 bits per heavy atom. The Bertz CT molecular complexity index is 366. The lowest BCUT2D eigenvalue weighted by molar-refractivity contribution is 0.544. The number of aryl methyl sites for hydroxylation is 1. The summed E-state index contributed by atoms with van der Waals surface area (Å²) < 4.78 is 0. The van der Waals surface area contributed by atoms with Gasteiger partial charge in [0.05, 0.1) is 6.54 Å². The number of nitrogens with zero attached hydrogens (tertiary/aromatic N) is 1. The van der Waals surface area contributed by atoms with E-state index in [9.17, 15) is 4.79 Å². The van der Waals surface area contributed by atoms with Gasteiger partial charge in [0.25, 0.3) is 0 Å². The minimum atomic E-state index is 0.432. The van der Waals surface area contributed by atoms with Crippen molar-refractivity contribution in [2.75, 3.05) is 6.54 Å². The third kappa shape index (κ3) is 1.75. The quantitative estimate of drug-likeness (QED) is 0.516. The van der Waals surface area contributed by atoms with Gasteiger partial charge in [-0.2, -0.15) is 0 Å². The largest absolute Gasteiger partial charge is 0.234 e. The highest BCUT2D eigenvalue weighted by atomic mass is 16.1. The van der Waals surface area contributed by atoms with E-state index in [1.165, 1.54) is 17.5 Å². The summed E-state index contributed by atoms with van der Waals surface area (Å²) >= 11 is 0. The normalized spacial score (nSPS) is 19.6. The van der Waals surface area contributed by atoms with Gasteiger partial charge in [-0.1, -0.05) is 24.3 Å². The highest BCUT2D eigenvalue weighted by molar-refractivity contribution is 5.36. The van der Waals surface area contributed by atoms with Gasteiger partial charge >= 0.3 is 0 Å². The number of carbonyl (C=O) groups excluding carboxylic acids is 1. The third-order valence-corrected chi connectivity index (χ3v) is 2.87. The molecule has 0 N–H and O–H groups in total. The van der Waals surface area contributed by atoms with Crippen molar-refractivity contribution < 1.29 is 4.79 Å². The Morgan fingerprint density at radius 2 is 2.29 bits per heavy atom. The first-order chi connectivity index (χ1) is 6.92. The first-order valence-corrected chi connectivity index (χ1v) is 5.03. The van der Waals surface area contributed by atoms with Gasteiger partial charge in [0.2, 0.25) is 6.08 Å². The van der Waals surface area contributed by atoms with E-state index in [0.717, 1.165) is 12.8 Å². The van der Waals surface area contributed by atoms with E-state index in [4.69, 9.17) is 0 Å². The van der Waals surface area contributed by atoms with Gasteiger partial charge in [0.15, 0.2) is 0 Å². The Morgan fingerprint density at radius 1 is 1.43 bits per heavy atom. The van der Waals surface area contributed by atoms with Crippen molar-refractivity contribution >= 4 is 6.08 Å². The van der Waals surface area contributed by atoms with Crippen molar-refractivity contribution in [1.29, 1.82) is 0 Å². The molecule has 72 valence electrons. The van der Waals surface area contributed by atoms with Crippen LogP contribution in [0.25, 0.3) is 0 Å². The van der Waals surface area contributed by atoms with Crippen molar-refractivity contribution in [3.8, 4) is 0 Å². The summed E-state index contributed by atoms with van der Waals surface area (Å²) in [7, 11) is 0. The van der Waals surface area contributed by atoms with Gasteiger partial charge in [0.1, 0.15) is 0 Å². The molecule has 0 spiro atoms. The molecule has 1 aliphatic rings. The summed E-state index contributed by atoms with van der Waals surface area (Å²) in [6.07, 6.45) is 5.13. The minimum absolute atomic E-state index is 0.432. The molecule has 0 amide bonds. The van der Waals surface area contributed by atoms with E-state index < -0.39 is 0 Å². The predicted octanol–water partition coefficient (Wildman–Crippen LogP) is 2.44. The molecule has 1 aromatic rings. The fourth-order valence-corrected chi connectivity index (χ4v) is 2.19. The molecule has 0 aliphatic heterocycles. The molecule has 0 fully saturated rings. The van der Waals surface area contributed by atoms with Gasteiger partial charge < -0.3 is 0 Å². The molecular formula is C12H13NO. The molecular weight excluding hydrogens is 174 g/mol. The lowest BCUT2D eigenvalue weighted by Crippen LogP contribution is -2.11. The standard InChI is InChI=1S/C12H13NO/c14-9-13-8-11-6-3-5-10-4-1-2-7-12(10)11/h1-2,4,7,11H,3,5-6,8H2. The van der Waals surface area contributed by atoms with Crippen molar-refractivity contribution in [3.63, 3.8) is 0 Å². The average molecular weight is 187 g/mol. The number of hydrogen-bond donors (Lipinski definition) is 0. The van der Waals surface area contributed by atoms with Crippen molar-refractivity contribution in [3.05, 3.63) is 35.4 Å². The van der Waals surface area contributed by atoms with Crippen molar-refractivity contribution in [2.45, 2.75) is 25.2 Å². The lowest BCUT2D eigenvalue weighted by atomic mass is 9.83. The van der Waals surface area contributed by atoms with Crippen LogP contribution in [0, 0.1) is 0 Å². The topological polar surface area (TPSA) is 29.4 Å². The van der Waals surface area contributed by atoms with Crippen LogP contribution in [0.5, 0.6) is 0 Å². The van der Waals surface area contributed by atoms with E-state index in [1.807, 2.05) is 0 Å². The number of hydrogen-bond acceptors (Lipinski definition) is 2. The van der Waals surface area contributed by atoms with E-state index in [1.54, 1.807) is 6.08 Å². The summed E-state index contributed by atoms with van der Waals surface area (Å²) in [6.45, 7) is 0.598. The first kappa shape index (κ1) is 9.17. The van der Waals surface area contributed by atoms with Gasteiger partial charge in [-0.25, -0.2) is 9.79 Å². The molecule has 0 radical (unpaired) electrons. The lowest BCUT2D eigenvalue weighted by Gasteiger charge is -2.23. The second kappa shape index (κ2) is 4.21. The Balaban J connectivity index is 2.26. The Labute approximate surface area is 83.7 Å². The van der Waals surface area contributed by atoms with Crippen LogP contribution in [0.3, 0.4) is 0 Å². The molecule has 0 saturated heterocycles. The second-order valence-electron chi connectivity index (χ2n) is 3.72. The Kier molecular flexibility index (Phi) is 2.76. The van der Waals surface area contributed by atoms with Crippen LogP contribution in [-0.4, -0.2) is 12.6 Å². The van der Waals surface area contributed by atoms with E-state index in [2.05, 4.69) is 29.3 Å².